The number of hydrogen-bond donors (Lipinski definition) is 3. The molecule has 2 rings (SSSR count). The van der Waals surface area contributed by atoms with Crippen molar-refractivity contribution in [2.45, 2.75) is 64.6 Å². The van der Waals surface area contributed by atoms with Crippen LogP contribution in [-0.2, 0) is 4.74 Å². The van der Waals surface area contributed by atoms with Crippen LogP contribution in [0.5, 0.6) is 0 Å². The number of amides is 3. The van der Waals surface area contributed by atoms with Crippen molar-refractivity contribution in [2.24, 2.45) is 0 Å². The van der Waals surface area contributed by atoms with Crippen LogP contribution in [0.25, 0.3) is 0 Å². The molecule has 3 N–H and O–H groups in total. The molecule has 1 aromatic carbocycles. The van der Waals surface area contributed by atoms with Crippen LogP contribution in [0.4, 0.5) is 10.5 Å². The number of hydrogen-bond acceptors (Lipinski definition) is 3. The fraction of sp³-hybridized carbons (Fsp3) is 0.579. The number of benzene rings is 1. The second kappa shape index (κ2) is 8.34. The van der Waals surface area contributed by atoms with Gasteiger partial charge in [-0.15, -0.1) is 0 Å². The second-order valence-electron chi connectivity index (χ2n) is 7.27. The summed E-state index contributed by atoms with van der Waals surface area (Å²) in [4.78, 5) is 24.3. The molecule has 0 unspecified atom stereocenters. The summed E-state index contributed by atoms with van der Waals surface area (Å²) in [6.07, 6.45) is 2.66. The van der Waals surface area contributed by atoms with Gasteiger partial charge in [0.1, 0.15) is 0 Å². The minimum absolute atomic E-state index is 0.112. The molecule has 1 fully saturated rings. The molecule has 0 saturated carbocycles. The van der Waals surface area contributed by atoms with Crippen LogP contribution >= 0.6 is 0 Å². The number of urea groups is 1. The van der Waals surface area contributed by atoms with E-state index in [9.17, 15) is 9.59 Å². The molecule has 25 heavy (non-hydrogen) atoms. The summed E-state index contributed by atoms with van der Waals surface area (Å²) in [5.41, 5.74) is 0.990. The van der Waals surface area contributed by atoms with E-state index in [2.05, 4.69) is 16.0 Å². The van der Waals surface area contributed by atoms with Crippen LogP contribution in [0, 0.1) is 0 Å². The molecule has 1 aliphatic rings. The van der Waals surface area contributed by atoms with Crippen LogP contribution in [0.3, 0.4) is 0 Å². The first kappa shape index (κ1) is 19.2. The van der Waals surface area contributed by atoms with Gasteiger partial charge < -0.3 is 20.7 Å². The number of carbonyl (C=O) groups is 2. The molecule has 0 aliphatic carbocycles. The Balaban J connectivity index is 1.87. The number of anilines is 1. The minimum atomic E-state index is -0.241. The Labute approximate surface area is 149 Å². The quantitative estimate of drug-likeness (QED) is 0.765. The lowest BCUT2D eigenvalue weighted by Gasteiger charge is -2.27. The van der Waals surface area contributed by atoms with Gasteiger partial charge in [-0.3, -0.25) is 4.79 Å². The molecule has 0 spiro atoms. The normalized spacial score (nSPS) is 20.6. The van der Waals surface area contributed by atoms with Gasteiger partial charge in [0.2, 0.25) is 0 Å². The summed E-state index contributed by atoms with van der Waals surface area (Å²) in [7, 11) is 0. The highest BCUT2D eigenvalue weighted by molar-refractivity contribution is 5.96. The second-order valence-corrected chi connectivity index (χ2v) is 7.27. The molecule has 1 aromatic rings. The summed E-state index contributed by atoms with van der Waals surface area (Å²) in [5.74, 6) is -0.112. The lowest BCUT2D eigenvalue weighted by atomic mass is 10.0. The van der Waals surface area contributed by atoms with Crippen molar-refractivity contribution in [3.8, 4) is 0 Å². The molecule has 6 heteroatoms. The predicted molar refractivity (Wildman–Crippen MR) is 98.9 cm³/mol. The summed E-state index contributed by atoms with van der Waals surface area (Å²) in [5, 5.41) is 8.76. The summed E-state index contributed by atoms with van der Waals surface area (Å²) < 4.78 is 5.48. The van der Waals surface area contributed by atoms with E-state index in [4.69, 9.17) is 4.74 Å². The Morgan fingerprint density at radius 2 is 1.92 bits per heavy atom. The molecule has 0 bridgehead atoms. The van der Waals surface area contributed by atoms with Crippen LogP contribution in [-0.4, -0.2) is 36.2 Å². The molecule has 3 amide bonds. The SMILES string of the molecule is CCC(C)(C)NC(=O)c1ccc(NC(=O)N[C@H]2CCO[C@@H](C)C2)cc1. The van der Waals surface area contributed by atoms with Crippen molar-refractivity contribution in [3.05, 3.63) is 29.8 Å². The van der Waals surface area contributed by atoms with Crippen molar-refractivity contribution in [3.63, 3.8) is 0 Å². The maximum Gasteiger partial charge on any atom is 0.319 e. The van der Waals surface area contributed by atoms with Crippen molar-refractivity contribution in [2.75, 3.05) is 11.9 Å². The predicted octanol–water partition coefficient (Wildman–Crippen LogP) is 3.29. The minimum Gasteiger partial charge on any atom is -0.378 e. The lowest BCUT2D eigenvalue weighted by Crippen LogP contribution is -2.43. The van der Waals surface area contributed by atoms with Crippen LogP contribution in [0.2, 0.25) is 0 Å². The molecule has 6 nitrogen and oxygen atoms in total. The zero-order valence-corrected chi connectivity index (χ0v) is 15.5. The molecular formula is C19H29N3O3. The Kier molecular flexibility index (Phi) is 6.42. The first-order chi connectivity index (χ1) is 11.8. The van der Waals surface area contributed by atoms with E-state index in [1.807, 2.05) is 27.7 Å². The number of carbonyl (C=O) groups excluding carboxylic acids is 2. The van der Waals surface area contributed by atoms with E-state index in [0.717, 1.165) is 19.3 Å². The van der Waals surface area contributed by atoms with Crippen LogP contribution in [0.15, 0.2) is 24.3 Å². The van der Waals surface area contributed by atoms with Crippen molar-refractivity contribution in [1.82, 2.24) is 10.6 Å². The third kappa shape index (κ3) is 6.05. The number of rotatable bonds is 5. The highest BCUT2D eigenvalue weighted by Gasteiger charge is 2.21. The van der Waals surface area contributed by atoms with E-state index in [1.54, 1.807) is 24.3 Å². The summed E-state index contributed by atoms with van der Waals surface area (Å²) in [6, 6.07) is 6.80. The zero-order chi connectivity index (χ0) is 18.4. The van der Waals surface area contributed by atoms with E-state index < -0.39 is 0 Å². The van der Waals surface area contributed by atoms with Crippen molar-refractivity contribution < 1.29 is 14.3 Å². The lowest BCUT2D eigenvalue weighted by molar-refractivity contribution is 0.0157. The fourth-order valence-corrected chi connectivity index (χ4v) is 2.65. The van der Waals surface area contributed by atoms with Gasteiger partial charge >= 0.3 is 6.03 Å². The molecule has 138 valence electrons. The maximum absolute atomic E-state index is 12.2. The largest absolute Gasteiger partial charge is 0.378 e. The van der Waals surface area contributed by atoms with Crippen LogP contribution in [0.1, 0.15) is 57.3 Å². The van der Waals surface area contributed by atoms with Gasteiger partial charge in [-0.2, -0.15) is 0 Å². The Hall–Kier alpha value is -2.08. The molecule has 0 radical (unpaired) electrons. The van der Waals surface area contributed by atoms with Gasteiger partial charge in [-0.1, -0.05) is 6.92 Å². The zero-order valence-electron chi connectivity index (χ0n) is 15.5. The highest BCUT2D eigenvalue weighted by Crippen LogP contribution is 2.15. The molecule has 2 atom stereocenters. The third-order valence-electron chi connectivity index (χ3n) is 4.56. The van der Waals surface area contributed by atoms with Gasteiger partial charge in [0.15, 0.2) is 0 Å². The van der Waals surface area contributed by atoms with E-state index in [0.29, 0.717) is 17.9 Å². The molecule has 0 aromatic heterocycles. The number of nitrogens with one attached hydrogen (secondary N) is 3. The van der Waals surface area contributed by atoms with Gasteiger partial charge in [0.25, 0.3) is 5.91 Å². The smallest absolute Gasteiger partial charge is 0.319 e. The first-order valence-electron chi connectivity index (χ1n) is 8.91. The van der Waals surface area contributed by atoms with Crippen LogP contribution < -0.4 is 16.0 Å². The van der Waals surface area contributed by atoms with Crippen molar-refractivity contribution in [1.29, 1.82) is 0 Å². The third-order valence-corrected chi connectivity index (χ3v) is 4.56. The first-order valence-corrected chi connectivity index (χ1v) is 8.91. The van der Waals surface area contributed by atoms with E-state index in [-0.39, 0.29) is 29.6 Å². The fourth-order valence-electron chi connectivity index (χ4n) is 2.65. The summed E-state index contributed by atoms with van der Waals surface area (Å²) in [6.45, 7) is 8.69. The molecular weight excluding hydrogens is 318 g/mol. The Morgan fingerprint density at radius 1 is 1.24 bits per heavy atom. The number of ether oxygens (including phenoxy) is 1. The molecule has 1 saturated heterocycles. The average molecular weight is 347 g/mol. The maximum atomic E-state index is 12.2. The monoisotopic (exact) mass is 347 g/mol. The molecule has 1 heterocycles. The van der Waals surface area contributed by atoms with Gasteiger partial charge in [-0.25, -0.2) is 4.79 Å². The van der Waals surface area contributed by atoms with E-state index in [1.165, 1.54) is 0 Å². The molecule has 1 aliphatic heterocycles. The Bertz CT molecular complexity index is 598. The Morgan fingerprint density at radius 3 is 2.52 bits per heavy atom. The van der Waals surface area contributed by atoms with Crippen molar-refractivity contribution >= 4 is 17.6 Å². The highest BCUT2D eigenvalue weighted by atomic mass is 16.5. The topological polar surface area (TPSA) is 79.5 Å². The summed E-state index contributed by atoms with van der Waals surface area (Å²) >= 11 is 0. The van der Waals surface area contributed by atoms with Gasteiger partial charge in [-0.05, 0) is 64.3 Å². The van der Waals surface area contributed by atoms with E-state index >= 15 is 0 Å². The van der Waals surface area contributed by atoms with Gasteiger partial charge in [0, 0.05) is 29.4 Å². The standard InChI is InChI=1S/C19H29N3O3/c1-5-19(3,4)22-17(23)14-6-8-15(9-7-14)20-18(24)21-16-10-11-25-13(2)12-16/h6-9,13,16H,5,10-12H2,1-4H3,(H,22,23)(H2,20,21,24)/t13-,16-/m0/s1. The average Bonchev–Trinajstić information content (AvgIpc) is 2.55. The van der Waals surface area contributed by atoms with Gasteiger partial charge in [0.05, 0.1) is 6.10 Å².